The lowest BCUT2D eigenvalue weighted by Crippen LogP contribution is -2.37. The minimum Gasteiger partial charge on any atom is -0.378 e. The first-order valence-corrected chi connectivity index (χ1v) is 7.18. The molecule has 2 heterocycles. The zero-order valence-corrected chi connectivity index (χ0v) is 12.2. The second-order valence-corrected chi connectivity index (χ2v) is 4.87. The molecular formula is C14H19N7O. The van der Waals surface area contributed by atoms with Crippen LogP contribution in [0.15, 0.2) is 30.3 Å². The molecule has 0 aliphatic carbocycles. The smallest absolute Gasteiger partial charge is 0.243 e. The van der Waals surface area contributed by atoms with Crippen LogP contribution in [0.5, 0.6) is 0 Å². The zero-order chi connectivity index (χ0) is 15.2. The molecule has 4 N–H and O–H groups in total. The molecule has 0 amide bonds. The summed E-state index contributed by atoms with van der Waals surface area (Å²) in [6, 6.07) is 10.1. The number of hydrogen-bond acceptors (Lipinski definition) is 8. The lowest BCUT2D eigenvalue weighted by atomic mass is 10.2. The fraction of sp³-hybridized carbons (Fsp3) is 0.357. The van der Waals surface area contributed by atoms with Gasteiger partial charge in [0, 0.05) is 19.6 Å². The van der Waals surface area contributed by atoms with Gasteiger partial charge in [0.2, 0.25) is 17.8 Å². The molecule has 1 aromatic carbocycles. The summed E-state index contributed by atoms with van der Waals surface area (Å²) in [6.45, 7) is 3.49. The first kappa shape index (κ1) is 14.5. The minimum atomic E-state index is 0.340. The first-order chi connectivity index (χ1) is 10.8. The molecular weight excluding hydrogens is 282 g/mol. The average molecular weight is 301 g/mol. The molecule has 0 saturated carbocycles. The van der Waals surface area contributed by atoms with E-state index in [1.54, 1.807) is 0 Å². The van der Waals surface area contributed by atoms with Crippen molar-refractivity contribution >= 4 is 17.8 Å². The number of nitrogens with one attached hydrogen (secondary N) is 2. The lowest BCUT2D eigenvalue weighted by molar-refractivity contribution is 0.122. The van der Waals surface area contributed by atoms with Crippen LogP contribution >= 0.6 is 0 Å². The Labute approximate surface area is 128 Å². The van der Waals surface area contributed by atoms with E-state index in [1.807, 2.05) is 30.3 Å². The third kappa shape index (κ3) is 3.60. The van der Waals surface area contributed by atoms with Gasteiger partial charge in [0.15, 0.2) is 0 Å². The number of nitrogens with two attached hydrogens (primary N) is 1. The van der Waals surface area contributed by atoms with E-state index in [4.69, 9.17) is 10.6 Å². The highest BCUT2D eigenvalue weighted by Gasteiger charge is 2.16. The molecule has 0 spiro atoms. The number of morpholine rings is 1. The van der Waals surface area contributed by atoms with E-state index >= 15 is 0 Å². The molecule has 0 radical (unpaired) electrons. The fourth-order valence-electron chi connectivity index (χ4n) is 2.19. The first-order valence-electron chi connectivity index (χ1n) is 7.18. The molecule has 1 saturated heterocycles. The van der Waals surface area contributed by atoms with Crippen LogP contribution < -0.4 is 21.5 Å². The van der Waals surface area contributed by atoms with E-state index in [2.05, 4.69) is 30.6 Å². The standard InChI is InChI=1S/C14H19N7O/c15-20-13-17-12(16-10-11-4-2-1-3-5-11)18-14(19-13)21-6-8-22-9-7-21/h1-5H,6-10,15H2,(H2,16,17,18,19,20). The number of hydrazine groups is 1. The molecule has 0 bridgehead atoms. The Hall–Kier alpha value is -2.45. The van der Waals surface area contributed by atoms with E-state index in [-0.39, 0.29) is 0 Å². The van der Waals surface area contributed by atoms with Crippen LogP contribution in [0.1, 0.15) is 5.56 Å². The van der Waals surface area contributed by atoms with Crippen molar-refractivity contribution in [3.8, 4) is 0 Å². The molecule has 8 heteroatoms. The normalized spacial score (nSPS) is 14.7. The SMILES string of the molecule is NNc1nc(NCc2ccccc2)nc(N2CCOCC2)n1. The van der Waals surface area contributed by atoms with Crippen molar-refractivity contribution in [3.05, 3.63) is 35.9 Å². The molecule has 0 unspecified atom stereocenters. The van der Waals surface area contributed by atoms with E-state index in [0.717, 1.165) is 18.7 Å². The number of ether oxygens (including phenoxy) is 1. The highest BCUT2D eigenvalue weighted by Crippen LogP contribution is 2.15. The Kier molecular flexibility index (Phi) is 4.62. The number of nitrogen functional groups attached to an aromatic ring is 1. The van der Waals surface area contributed by atoms with Gasteiger partial charge in [-0.3, -0.25) is 5.43 Å². The zero-order valence-electron chi connectivity index (χ0n) is 12.2. The summed E-state index contributed by atoms with van der Waals surface area (Å²) in [6.07, 6.45) is 0. The number of hydrogen-bond donors (Lipinski definition) is 3. The summed E-state index contributed by atoms with van der Waals surface area (Å²) >= 11 is 0. The van der Waals surface area contributed by atoms with Crippen molar-refractivity contribution in [2.75, 3.05) is 41.9 Å². The quantitative estimate of drug-likeness (QED) is 0.545. The molecule has 2 aromatic rings. The van der Waals surface area contributed by atoms with Crippen molar-refractivity contribution in [1.29, 1.82) is 0 Å². The largest absolute Gasteiger partial charge is 0.378 e. The predicted molar refractivity (Wildman–Crippen MR) is 84.4 cm³/mol. The summed E-state index contributed by atoms with van der Waals surface area (Å²) in [4.78, 5) is 15.1. The summed E-state index contributed by atoms with van der Waals surface area (Å²) in [5, 5.41) is 3.20. The Balaban J connectivity index is 1.75. The fourth-order valence-corrected chi connectivity index (χ4v) is 2.19. The summed E-state index contributed by atoms with van der Waals surface area (Å²) in [5.74, 6) is 6.88. The maximum atomic E-state index is 5.45. The van der Waals surface area contributed by atoms with Gasteiger partial charge in [0.1, 0.15) is 0 Å². The minimum absolute atomic E-state index is 0.340. The molecule has 0 atom stereocenters. The van der Waals surface area contributed by atoms with Gasteiger partial charge in [0.05, 0.1) is 13.2 Å². The average Bonchev–Trinajstić information content (AvgIpc) is 2.61. The van der Waals surface area contributed by atoms with Gasteiger partial charge in [0.25, 0.3) is 0 Å². The highest BCUT2D eigenvalue weighted by atomic mass is 16.5. The Morgan fingerprint density at radius 3 is 2.50 bits per heavy atom. The van der Waals surface area contributed by atoms with Crippen LogP contribution in [0.3, 0.4) is 0 Å². The van der Waals surface area contributed by atoms with Crippen molar-refractivity contribution in [1.82, 2.24) is 15.0 Å². The van der Waals surface area contributed by atoms with Crippen molar-refractivity contribution in [2.24, 2.45) is 5.84 Å². The third-order valence-corrected chi connectivity index (χ3v) is 3.34. The topological polar surface area (TPSA) is 101 Å². The van der Waals surface area contributed by atoms with Crippen molar-refractivity contribution in [2.45, 2.75) is 6.54 Å². The molecule has 22 heavy (non-hydrogen) atoms. The Morgan fingerprint density at radius 1 is 1.05 bits per heavy atom. The second kappa shape index (κ2) is 7.01. The second-order valence-electron chi connectivity index (χ2n) is 4.87. The van der Waals surface area contributed by atoms with E-state index in [9.17, 15) is 0 Å². The van der Waals surface area contributed by atoms with Gasteiger partial charge in [-0.2, -0.15) is 15.0 Å². The number of anilines is 3. The molecule has 1 aliphatic heterocycles. The molecule has 3 rings (SSSR count). The monoisotopic (exact) mass is 301 g/mol. The van der Waals surface area contributed by atoms with Crippen LogP contribution in [0.2, 0.25) is 0 Å². The third-order valence-electron chi connectivity index (χ3n) is 3.34. The number of nitrogens with zero attached hydrogens (tertiary/aromatic N) is 4. The maximum absolute atomic E-state index is 5.45. The predicted octanol–water partition coefficient (Wildman–Crippen LogP) is 0.606. The van der Waals surface area contributed by atoms with E-state index in [1.165, 1.54) is 0 Å². The van der Waals surface area contributed by atoms with Crippen molar-refractivity contribution < 1.29 is 4.74 Å². The molecule has 1 fully saturated rings. The number of aromatic nitrogens is 3. The van der Waals surface area contributed by atoms with Crippen molar-refractivity contribution in [3.63, 3.8) is 0 Å². The van der Waals surface area contributed by atoms with Crippen LogP contribution in [0.25, 0.3) is 0 Å². The number of rotatable bonds is 5. The summed E-state index contributed by atoms with van der Waals surface area (Å²) < 4.78 is 5.34. The van der Waals surface area contributed by atoms with Gasteiger partial charge in [-0.25, -0.2) is 5.84 Å². The van der Waals surface area contributed by atoms with Crippen LogP contribution in [0, 0.1) is 0 Å². The van der Waals surface area contributed by atoms with Gasteiger partial charge < -0.3 is 15.0 Å². The van der Waals surface area contributed by atoms with E-state index < -0.39 is 0 Å². The van der Waals surface area contributed by atoms with Gasteiger partial charge >= 0.3 is 0 Å². The highest BCUT2D eigenvalue weighted by molar-refractivity contribution is 5.43. The van der Waals surface area contributed by atoms with Crippen LogP contribution in [0.4, 0.5) is 17.8 Å². The summed E-state index contributed by atoms with van der Waals surface area (Å²) in [7, 11) is 0. The van der Waals surface area contributed by atoms with E-state index in [0.29, 0.717) is 37.6 Å². The Bertz CT molecular complexity index is 601. The maximum Gasteiger partial charge on any atom is 0.243 e. The summed E-state index contributed by atoms with van der Waals surface area (Å²) in [5.41, 5.74) is 3.64. The molecule has 116 valence electrons. The van der Waals surface area contributed by atoms with Gasteiger partial charge in [-0.15, -0.1) is 0 Å². The van der Waals surface area contributed by atoms with Gasteiger partial charge in [-0.1, -0.05) is 30.3 Å². The lowest BCUT2D eigenvalue weighted by Gasteiger charge is -2.27. The van der Waals surface area contributed by atoms with Gasteiger partial charge in [-0.05, 0) is 5.56 Å². The van der Waals surface area contributed by atoms with Crippen LogP contribution in [-0.4, -0.2) is 41.3 Å². The Morgan fingerprint density at radius 2 is 1.77 bits per heavy atom. The van der Waals surface area contributed by atoms with Crippen LogP contribution in [-0.2, 0) is 11.3 Å². The molecule has 8 nitrogen and oxygen atoms in total. The molecule has 1 aliphatic rings. The number of benzene rings is 1. The molecule has 1 aromatic heterocycles.